The van der Waals surface area contributed by atoms with E-state index < -0.39 is 17.5 Å². The van der Waals surface area contributed by atoms with Crippen LogP contribution >= 0.6 is 0 Å². The molecule has 3 aliphatic rings. The summed E-state index contributed by atoms with van der Waals surface area (Å²) in [6.07, 6.45) is 5.99. The van der Waals surface area contributed by atoms with E-state index in [1.807, 2.05) is 0 Å². The van der Waals surface area contributed by atoms with Crippen molar-refractivity contribution in [1.29, 1.82) is 0 Å². The zero-order chi connectivity index (χ0) is 21.4. The van der Waals surface area contributed by atoms with E-state index in [1.54, 1.807) is 6.07 Å². The molecule has 1 aromatic heterocycles. The van der Waals surface area contributed by atoms with E-state index >= 15 is 0 Å². The molecule has 0 radical (unpaired) electrons. The highest BCUT2D eigenvalue weighted by molar-refractivity contribution is 5.60. The minimum Gasteiger partial charge on any atom is -0.376 e. The lowest BCUT2D eigenvalue weighted by Gasteiger charge is -2.26. The Bertz CT molecular complexity index is 907. The molecule has 166 valence electrons. The van der Waals surface area contributed by atoms with Gasteiger partial charge in [0.05, 0.1) is 31.6 Å². The van der Waals surface area contributed by atoms with Gasteiger partial charge < -0.3 is 14.8 Å². The Balaban J connectivity index is 1.16. The highest BCUT2D eigenvalue weighted by atomic mass is 19.2. The fraction of sp³-hybridized carbons (Fsp3) is 0.565. The number of aromatic nitrogens is 2. The Hall–Kier alpha value is -2.19. The molecule has 0 spiro atoms. The second kappa shape index (κ2) is 8.74. The van der Waals surface area contributed by atoms with Crippen molar-refractivity contribution in [3.8, 4) is 11.3 Å². The molecule has 1 aromatic carbocycles. The molecule has 1 N–H and O–H groups in total. The monoisotopic (exact) mass is 433 g/mol. The second-order valence-electron chi connectivity index (χ2n) is 9.03. The van der Waals surface area contributed by atoms with Gasteiger partial charge in [0, 0.05) is 17.7 Å². The molecule has 0 amide bonds. The van der Waals surface area contributed by atoms with E-state index in [9.17, 15) is 13.2 Å². The Kier molecular flexibility index (Phi) is 5.84. The maximum Gasteiger partial charge on any atom is 0.168 e. The quantitative estimate of drug-likeness (QED) is 0.700. The van der Waals surface area contributed by atoms with Crippen LogP contribution in [0.3, 0.4) is 0 Å². The van der Waals surface area contributed by atoms with Crippen molar-refractivity contribution in [3.63, 3.8) is 0 Å². The van der Waals surface area contributed by atoms with E-state index in [0.717, 1.165) is 31.9 Å². The van der Waals surface area contributed by atoms with Gasteiger partial charge in [-0.15, -0.1) is 10.2 Å². The number of ether oxygens (including phenoxy) is 2. The molecular weight excluding hydrogens is 407 g/mol. The van der Waals surface area contributed by atoms with E-state index in [1.165, 1.54) is 18.9 Å². The van der Waals surface area contributed by atoms with Crippen LogP contribution in [0.25, 0.3) is 11.3 Å². The number of hydrogen-bond donors (Lipinski definition) is 1. The third-order valence-electron chi connectivity index (χ3n) is 6.88. The van der Waals surface area contributed by atoms with E-state index in [-0.39, 0.29) is 17.4 Å². The van der Waals surface area contributed by atoms with Gasteiger partial charge in [-0.25, -0.2) is 13.2 Å². The summed E-state index contributed by atoms with van der Waals surface area (Å²) in [5, 5.41) is 11.5. The molecule has 5 atom stereocenters. The first-order valence-corrected chi connectivity index (χ1v) is 11.0. The van der Waals surface area contributed by atoms with Crippen LogP contribution in [0.1, 0.15) is 32.1 Å². The smallest absolute Gasteiger partial charge is 0.168 e. The highest BCUT2D eigenvalue weighted by Crippen LogP contribution is 2.49. The molecular formula is C23H26F3N3O2. The molecule has 2 aliphatic carbocycles. The number of nitrogens with one attached hydrogen (secondary N) is 1. The van der Waals surface area contributed by atoms with Gasteiger partial charge in [-0.05, 0) is 68.1 Å². The van der Waals surface area contributed by atoms with E-state index in [0.29, 0.717) is 48.9 Å². The van der Waals surface area contributed by atoms with Crippen molar-refractivity contribution in [3.05, 3.63) is 41.7 Å². The van der Waals surface area contributed by atoms with Crippen molar-refractivity contribution in [1.82, 2.24) is 10.2 Å². The normalized spacial score (nSPS) is 30.4. The number of rotatable bonds is 5. The Labute approximate surface area is 179 Å². The van der Waals surface area contributed by atoms with Crippen molar-refractivity contribution < 1.29 is 22.6 Å². The van der Waals surface area contributed by atoms with Gasteiger partial charge >= 0.3 is 0 Å². The molecule has 0 bridgehead atoms. The average Bonchev–Trinajstić information content (AvgIpc) is 3.30. The summed E-state index contributed by atoms with van der Waals surface area (Å²) in [5.74, 6) is -0.487. The minimum absolute atomic E-state index is 0.0986. The molecule has 31 heavy (non-hydrogen) atoms. The van der Waals surface area contributed by atoms with Gasteiger partial charge in [0.2, 0.25) is 0 Å². The minimum atomic E-state index is -1.24. The number of nitrogens with zero attached hydrogens (tertiary/aromatic N) is 2. The van der Waals surface area contributed by atoms with Crippen LogP contribution in [0.4, 0.5) is 19.0 Å². The van der Waals surface area contributed by atoms with Crippen molar-refractivity contribution in [2.24, 2.45) is 17.8 Å². The van der Waals surface area contributed by atoms with Gasteiger partial charge in [-0.3, -0.25) is 0 Å². The molecule has 1 saturated heterocycles. The van der Waals surface area contributed by atoms with Crippen LogP contribution in [-0.4, -0.2) is 42.2 Å². The lowest BCUT2D eigenvalue weighted by Crippen LogP contribution is -2.30. The molecule has 5 rings (SSSR count). The fourth-order valence-electron chi connectivity index (χ4n) is 5.60. The summed E-state index contributed by atoms with van der Waals surface area (Å²) < 4.78 is 52.2. The summed E-state index contributed by atoms with van der Waals surface area (Å²) in [6.45, 7) is 2.13. The Morgan fingerprint density at radius 1 is 0.968 bits per heavy atom. The molecule has 2 unspecified atom stereocenters. The fourth-order valence-corrected chi connectivity index (χ4v) is 5.60. The maximum atomic E-state index is 14.0. The summed E-state index contributed by atoms with van der Waals surface area (Å²) in [4.78, 5) is 0. The third-order valence-corrected chi connectivity index (χ3v) is 6.88. The molecule has 8 heteroatoms. The lowest BCUT2D eigenvalue weighted by molar-refractivity contribution is -0.0957. The van der Waals surface area contributed by atoms with Crippen LogP contribution in [0.5, 0.6) is 0 Å². The Morgan fingerprint density at radius 3 is 2.45 bits per heavy atom. The zero-order valence-electron chi connectivity index (χ0n) is 17.2. The molecule has 2 heterocycles. The lowest BCUT2D eigenvalue weighted by atomic mass is 9.95. The molecule has 5 nitrogen and oxygen atoms in total. The van der Waals surface area contributed by atoms with Crippen LogP contribution in [-0.2, 0) is 9.47 Å². The van der Waals surface area contributed by atoms with Gasteiger partial charge in [0.15, 0.2) is 11.6 Å². The van der Waals surface area contributed by atoms with Crippen LogP contribution < -0.4 is 5.32 Å². The van der Waals surface area contributed by atoms with Crippen LogP contribution in [0, 0.1) is 35.2 Å². The summed E-state index contributed by atoms with van der Waals surface area (Å²) in [7, 11) is 0. The molecule has 1 aliphatic heterocycles. The third kappa shape index (κ3) is 4.55. The predicted molar refractivity (Wildman–Crippen MR) is 109 cm³/mol. The molecule has 2 saturated carbocycles. The first kappa shape index (κ1) is 20.7. The largest absolute Gasteiger partial charge is 0.376 e. The van der Waals surface area contributed by atoms with Crippen LogP contribution in [0.15, 0.2) is 24.3 Å². The highest BCUT2D eigenvalue weighted by Gasteiger charge is 2.42. The van der Waals surface area contributed by atoms with Crippen LogP contribution in [0.2, 0.25) is 0 Å². The first-order chi connectivity index (χ1) is 15.0. The second-order valence-corrected chi connectivity index (χ2v) is 9.03. The SMILES string of the molecule is Fc1cc(F)c(F)c(-c2ccc(NC3C[C@H]4CC(C[C@H]5COCCO5)C[C@H]4C3)nn2)c1. The van der Waals surface area contributed by atoms with E-state index in [4.69, 9.17) is 9.47 Å². The summed E-state index contributed by atoms with van der Waals surface area (Å²) in [6, 6.07) is 4.98. The van der Waals surface area contributed by atoms with Crippen molar-refractivity contribution in [2.45, 2.75) is 44.2 Å². The average molecular weight is 433 g/mol. The standard InChI is InChI=1S/C23H26F3N3O2/c24-16-10-19(23(26)20(25)11-16)21-1-2-22(29-28-21)27-17-8-14-5-13(6-15(14)9-17)7-18-12-30-3-4-31-18/h1-2,10-11,13-15,17-18H,3-9,12H2,(H,27,29)/t13?,14-,15+,17?,18-/m0/s1. The zero-order valence-corrected chi connectivity index (χ0v) is 17.2. The predicted octanol–water partition coefficient (Wildman–Crippen LogP) is 4.58. The number of benzene rings is 1. The summed E-state index contributed by atoms with van der Waals surface area (Å²) in [5.41, 5.74) is -0.133. The topological polar surface area (TPSA) is 56.3 Å². The Morgan fingerprint density at radius 2 is 1.77 bits per heavy atom. The van der Waals surface area contributed by atoms with Gasteiger partial charge in [-0.2, -0.15) is 0 Å². The van der Waals surface area contributed by atoms with E-state index in [2.05, 4.69) is 15.5 Å². The number of fused-ring (bicyclic) bond motifs is 1. The molecule has 2 aromatic rings. The van der Waals surface area contributed by atoms with Gasteiger partial charge in [0.25, 0.3) is 0 Å². The number of anilines is 1. The van der Waals surface area contributed by atoms with Crippen molar-refractivity contribution >= 4 is 5.82 Å². The van der Waals surface area contributed by atoms with Crippen molar-refractivity contribution in [2.75, 3.05) is 25.1 Å². The van der Waals surface area contributed by atoms with Gasteiger partial charge in [-0.1, -0.05) is 0 Å². The number of halogens is 3. The molecule has 3 fully saturated rings. The summed E-state index contributed by atoms with van der Waals surface area (Å²) >= 11 is 0. The number of hydrogen-bond acceptors (Lipinski definition) is 5. The maximum absolute atomic E-state index is 14.0. The first-order valence-electron chi connectivity index (χ1n) is 11.0. The van der Waals surface area contributed by atoms with Gasteiger partial charge in [0.1, 0.15) is 11.6 Å².